The van der Waals surface area contributed by atoms with Crippen LogP contribution >= 0.6 is 11.8 Å². The molecule has 1 aromatic carbocycles. The number of pyridine rings is 1. The van der Waals surface area contributed by atoms with Gasteiger partial charge in [-0.15, -0.1) is 10.2 Å². The van der Waals surface area contributed by atoms with Crippen LogP contribution in [0.2, 0.25) is 0 Å². The van der Waals surface area contributed by atoms with Gasteiger partial charge < -0.3 is 0 Å². The molecular formula is C14H12N4S. The van der Waals surface area contributed by atoms with Gasteiger partial charge in [-0.2, -0.15) is 0 Å². The molecule has 5 heteroatoms. The molecule has 0 fully saturated rings. The standard InChI is InChI=1S/C14H12N4S/c1-11-16-17-14(19-13-9-5-6-10-15-13)18(11)12-7-3-2-4-8-12/h2-10H,1H3. The van der Waals surface area contributed by atoms with Gasteiger partial charge in [0.05, 0.1) is 0 Å². The van der Waals surface area contributed by atoms with Crippen LogP contribution in [0.15, 0.2) is 64.9 Å². The van der Waals surface area contributed by atoms with E-state index in [2.05, 4.69) is 15.2 Å². The summed E-state index contributed by atoms with van der Waals surface area (Å²) in [5.41, 5.74) is 1.06. The van der Waals surface area contributed by atoms with Crippen LogP contribution in [0.5, 0.6) is 0 Å². The number of hydrogen-bond acceptors (Lipinski definition) is 4. The van der Waals surface area contributed by atoms with Gasteiger partial charge >= 0.3 is 0 Å². The van der Waals surface area contributed by atoms with Crippen molar-refractivity contribution >= 4 is 11.8 Å². The van der Waals surface area contributed by atoms with E-state index in [9.17, 15) is 0 Å². The largest absolute Gasteiger partial charge is 0.274 e. The first-order valence-electron chi connectivity index (χ1n) is 5.91. The lowest BCUT2D eigenvalue weighted by atomic mass is 10.3. The lowest BCUT2D eigenvalue weighted by molar-refractivity contribution is 0.866. The van der Waals surface area contributed by atoms with Gasteiger partial charge in [-0.3, -0.25) is 4.57 Å². The maximum absolute atomic E-state index is 4.30. The molecule has 0 atom stereocenters. The molecule has 0 amide bonds. The minimum absolute atomic E-state index is 0.822. The molecule has 0 unspecified atom stereocenters. The fourth-order valence-electron chi connectivity index (χ4n) is 1.78. The maximum atomic E-state index is 4.30. The third-order valence-corrected chi connectivity index (χ3v) is 3.54. The van der Waals surface area contributed by atoms with Crippen molar-refractivity contribution in [2.45, 2.75) is 17.1 Å². The molecule has 2 heterocycles. The van der Waals surface area contributed by atoms with E-state index < -0.39 is 0 Å². The second-order valence-electron chi connectivity index (χ2n) is 3.97. The summed E-state index contributed by atoms with van der Waals surface area (Å²) in [6, 6.07) is 15.9. The summed E-state index contributed by atoms with van der Waals surface area (Å²) in [7, 11) is 0. The second-order valence-corrected chi connectivity index (χ2v) is 4.96. The zero-order valence-corrected chi connectivity index (χ0v) is 11.2. The zero-order valence-electron chi connectivity index (χ0n) is 10.4. The van der Waals surface area contributed by atoms with Crippen molar-refractivity contribution in [1.82, 2.24) is 19.7 Å². The third kappa shape index (κ3) is 2.51. The average Bonchev–Trinajstić information content (AvgIpc) is 2.82. The van der Waals surface area contributed by atoms with Gasteiger partial charge in [-0.1, -0.05) is 24.3 Å². The van der Waals surface area contributed by atoms with Gasteiger partial charge in [0.25, 0.3) is 0 Å². The van der Waals surface area contributed by atoms with Gasteiger partial charge in [0.1, 0.15) is 10.9 Å². The van der Waals surface area contributed by atoms with E-state index in [1.54, 1.807) is 6.20 Å². The van der Waals surface area contributed by atoms with Gasteiger partial charge in [-0.25, -0.2) is 4.98 Å². The molecule has 0 saturated heterocycles. The number of aromatic nitrogens is 4. The summed E-state index contributed by atoms with van der Waals surface area (Å²) in [6.07, 6.45) is 1.78. The summed E-state index contributed by atoms with van der Waals surface area (Å²) in [5.74, 6) is 0.865. The highest BCUT2D eigenvalue weighted by molar-refractivity contribution is 7.99. The first-order valence-corrected chi connectivity index (χ1v) is 6.72. The Morgan fingerprint density at radius 1 is 0.947 bits per heavy atom. The molecule has 0 saturated carbocycles. The molecule has 0 aliphatic heterocycles. The lowest BCUT2D eigenvalue weighted by Gasteiger charge is -2.07. The third-order valence-electron chi connectivity index (χ3n) is 2.64. The van der Waals surface area contributed by atoms with Gasteiger partial charge in [0, 0.05) is 11.9 Å². The maximum Gasteiger partial charge on any atom is 0.202 e. The summed E-state index contributed by atoms with van der Waals surface area (Å²) in [4.78, 5) is 4.30. The summed E-state index contributed by atoms with van der Waals surface area (Å²) < 4.78 is 2.03. The predicted octanol–water partition coefficient (Wildman–Crippen LogP) is 3.12. The Labute approximate surface area is 115 Å². The second kappa shape index (κ2) is 5.24. The fraction of sp³-hybridized carbons (Fsp3) is 0.0714. The highest BCUT2D eigenvalue weighted by Crippen LogP contribution is 2.26. The SMILES string of the molecule is Cc1nnc(Sc2ccccn2)n1-c1ccccc1. The molecule has 0 N–H and O–H groups in total. The van der Waals surface area contributed by atoms with E-state index in [0.29, 0.717) is 0 Å². The Kier molecular flexibility index (Phi) is 3.29. The van der Waals surface area contributed by atoms with Crippen LogP contribution in [0.4, 0.5) is 0 Å². The monoisotopic (exact) mass is 268 g/mol. The van der Waals surface area contributed by atoms with E-state index in [4.69, 9.17) is 0 Å². The predicted molar refractivity (Wildman–Crippen MR) is 74.5 cm³/mol. The molecule has 0 spiro atoms. The Balaban J connectivity index is 2.00. The molecular weight excluding hydrogens is 256 g/mol. The lowest BCUT2D eigenvalue weighted by Crippen LogP contribution is -1.98. The average molecular weight is 268 g/mol. The number of nitrogens with zero attached hydrogens (tertiary/aromatic N) is 4. The molecule has 3 rings (SSSR count). The van der Waals surface area contributed by atoms with Crippen molar-refractivity contribution in [3.8, 4) is 5.69 Å². The van der Waals surface area contributed by atoms with Crippen LogP contribution in [-0.4, -0.2) is 19.7 Å². The first kappa shape index (κ1) is 11.9. The highest BCUT2D eigenvalue weighted by atomic mass is 32.2. The first-order chi connectivity index (χ1) is 9.34. The normalized spacial score (nSPS) is 10.6. The van der Waals surface area contributed by atoms with Crippen molar-refractivity contribution in [3.63, 3.8) is 0 Å². The van der Waals surface area contributed by atoms with E-state index in [-0.39, 0.29) is 0 Å². The van der Waals surface area contributed by atoms with Crippen LogP contribution in [0.25, 0.3) is 5.69 Å². The molecule has 0 aliphatic rings. The van der Waals surface area contributed by atoms with E-state index in [0.717, 1.165) is 21.7 Å². The summed E-state index contributed by atoms with van der Waals surface area (Å²) in [6.45, 7) is 1.95. The molecule has 2 aromatic heterocycles. The van der Waals surface area contributed by atoms with E-state index in [1.165, 1.54) is 11.8 Å². The van der Waals surface area contributed by atoms with Crippen LogP contribution in [0, 0.1) is 6.92 Å². The molecule has 4 nitrogen and oxygen atoms in total. The topological polar surface area (TPSA) is 43.6 Å². The van der Waals surface area contributed by atoms with Gasteiger partial charge in [-0.05, 0) is 43.0 Å². The van der Waals surface area contributed by atoms with Crippen LogP contribution in [0.3, 0.4) is 0 Å². The number of para-hydroxylation sites is 1. The Morgan fingerprint density at radius 3 is 2.47 bits per heavy atom. The quantitative estimate of drug-likeness (QED) is 0.732. The molecule has 0 bridgehead atoms. The van der Waals surface area contributed by atoms with Crippen molar-refractivity contribution in [1.29, 1.82) is 0 Å². The highest BCUT2D eigenvalue weighted by Gasteiger charge is 2.12. The molecule has 19 heavy (non-hydrogen) atoms. The Morgan fingerprint density at radius 2 is 1.74 bits per heavy atom. The molecule has 94 valence electrons. The van der Waals surface area contributed by atoms with Crippen molar-refractivity contribution in [2.75, 3.05) is 0 Å². The van der Waals surface area contributed by atoms with Crippen molar-refractivity contribution in [3.05, 3.63) is 60.6 Å². The smallest absolute Gasteiger partial charge is 0.202 e. The Bertz CT molecular complexity index is 664. The van der Waals surface area contributed by atoms with Crippen molar-refractivity contribution in [2.24, 2.45) is 0 Å². The van der Waals surface area contributed by atoms with Crippen LogP contribution in [-0.2, 0) is 0 Å². The number of rotatable bonds is 3. The molecule has 3 aromatic rings. The number of aryl methyl sites for hydroxylation is 1. The number of benzene rings is 1. The van der Waals surface area contributed by atoms with Crippen LogP contribution in [0.1, 0.15) is 5.82 Å². The minimum atomic E-state index is 0.822. The summed E-state index contributed by atoms with van der Waals surface area (Å²) >= 11 is 1.51. The molecule has 0 radical (unpaired) electrons. The summed E-state index contributed by atoms with van der Waals surface area (Å²) in [5, 5.41) is 10.1. The fourth-order valence-corrected chi connectivity index (χ4v) is 2.64. The van der Waals surface area contributed by atoms with Crippen LogP contribution < -0.4 is 0 Å². The van der Waals surface area contributed by atoms with Crippen molar-refractivity contribution < 1.29 is 0 Å². The van der Waals surface area contributed by atoms with Gasteiger partial charge in [0.15, 0.2) is 0 Å². The molecule has 0 aliphatic carbocycles. The van der Waals surface area contributed by atoms with Gasteiger partial charge in [0.2, 0.25) is 5.16 Å². The van der Waals surface area contributed by atoms with E-state index in [1.807, 2.05) is 60.0 Å². The Hall–Kier alpha value is -2.14. The number of hydrogen-bond donors (Lipinski definition) is 0. The van der Waals surface area contributed by atoms with E-state index >= 15 is 0 Å². The zero-order chi connectivity index (χ0) is 13.1. The minimum Gasteiger partial charge on any atom is -0.274 e.